The summed E-state index contributed by atoms with van der Waals surface area (Å²) in [6.07, 6.45) is 3.01. The van der Waals surface area contributed by atoms with Crippen LogP contribution in [0.5, 0.6) is 0 Å². The maximum atomic E-state index is 5.89. The van der Waals surface area contributed by atoms with Crippen molar-refractivity contribution >= 4 is 23.5 Å². The fourth-order valence-electron chi connectivity index (χ4n) is 1.37. The minimum atomic E-state index is 0.307. The van der Waals surface area contributed by atoms with E-state index in [0.717, 1.165) is 5.56 Å². The topological polar surface area (TPSA) is 60.5 Å². The molecule has 0 saturated carbocycles. The number of nitrogens with zero attached hydrogens (tertiary/aromatic N) is 2. The van der Waals surface area contributed by atoms with Crippen LogP contribution in [0, 0.1) is 0 Å². The lowest BCUT2D eigenvalue weighted by molar-refractivity contribution is 0.132. The van der Waals surface area contributed by atoms with Gasteiger partial charge in [0.05, 0.1) is 11.8 Å². The van der Waals surface area contributed by atoms with Crippen molar-refractivity contribution in [2.45, 2.75) is 6.61 Å². The van der Waals surface area contributed by atoms with E-state index in [1.165, 1.54) is 6.21 Å². The molecule has 5 heteroatoms. The third-order valence-corrected chi connectivity index (χ3v) is 2.61. The Morgan fingerprint density at radius 3 is 2.78 bits per heavy atom. The van der Waals surface area contributed by atoms with Crippen LogP contribution in [0.1, 0.15) is 11.1 Å². The minimum absolute atomic E-state index is 0.307. The average Bonchev–Trinajstić information content (AvgIpc) is 2.38. The molecule has 0 atom stereocenters. The third kappa shape index (κ3) is 3.21. The molecule has 2 rings (SSSR count). The molecule has 0 amide bonds. The van der Waals surface area contributed by atoms with Crippen molar-refractivity contribution < 1.29 is 4.84 Å². The first-order valence-electron chi connectivity index (χ1n) is 5.36. The van der Waals surface area contributed by atoms with Crippen molar-refractivity contribution in [2.75, 3.05) is 5.73 Å². The van der Waals surface area contributed by atoms with Crippen molar-refractivity contribution in [3.63, 3.8) is 0 Å². The molecule has 0 unspecified atom stereocenters. The lowest BCUT2D eigenvalue weighted by atomic mass is 10.2. The maximum absolute atomic E-state index is 5.89. The Balaban J connectivity index is 1.96. The molecular formula is C13H12ClN3O. The normalized spacial score (nSPS) is 10.7. The zero-order chi connectivity index (χ0) is 12.8. The molecule has 1 heterocycles. The summed E-state index contributed by atoms with van der Waals surface area (Å²) in [6.45, 7) is 0.398. The van der Waals surface area contributed by atoms with Crippen LogP contribution in [0.15, 0.2) is 47.8 Å². The summed E-state index contributed by atoms with van der Waals surface area (Å²) < 4.78 is 0. The van der Waals surface area contributed by atoms with E-state index in [2.05, 4.69) is 10.1 Å². The number of pyridine rings is 1. The minimum Gasteiger partial charge on any atom is -0.398 e. The van der Waals surface area contributed by atoms with Crippen LogP contribution in [0.3, 0.4) is 0 Å². The molecule has 2 aromatic rings. The second-order valence-corrected chi connectivity index (χ2v) is 3.96. The van der Waals surface area contributed by atoms with Gasteiger partial charge < -0.3 is 10.6 Å². The third-order valence-electron chi connectivity index (χ3n) is 2.31. The van der Waals surface area contributed by atoms with E-state index in [9.17, 15) is 0 Å². The number of oxime groups is 1. The molecule has 0 aliphatic heterocycles. The summed E-state index contributed by atoms with van der Waals surface area (Å²) >= 11 is 5.89. The van der Waals surface area contributed by atoms with Crippen LogP contribution in [0.25, 0.3) is 0 Å². The Morgan fingerprint density at radius 1 is 1.28 bits per heavy atom. The molecule has 92 valence electrons. The predicted molar refractivity (Wildman–Crippen MR) is 72.5 cm³/mol. The largest absolute Gasteiger partial charge is 0.398 e. The van der Waals surface area contributed by atoms with Gasteiger partial charge in [0.15, 0.2) is 0 Å². The number of nitrogen functional groups attached to an aromatic ring is 1. The number of hydrogen-bond donors (Lipinski definition) is 1. The van der Waals surface area contributed by atoms with Crippen LogP contribution in [0.2, 0.25) is 5.15 Å². The van der Waals surface area contributed by atoms with Crippen LogP contribution in [-0.2, 0) is 11.4 Å². The van der Waals surface area contributed by atoms with Gasteiger partial charge in [-0.15, -0.1) is 0 Å². The van der Waals surface area contributed by atoms with Gasteiger partial charge in [-0.2, -0.15) is 0 Å². The van der Waals surface area contributed by atoms with Gasteiger partial charge in [0.2, 0.25) is 0 Å². The van der Waals surface area contributed by atoms with E-state index >= 15 is 0 Å². The molecule has 0 fully saturated rings. The Labute approximate surface area is 110 Å². The van der Waals surface area contributed by atoms with Crippen LogP contribution < -0.4 is 5.73 Å². The Bertz CT molecular complexity index is 523. The number of rotatable bonds is 4. The van der Waals surface area contributed by atoms with Gasteiger partial charge in [0.1, 0.15) is 11.8 Å². The standard InChI is InChI=1S/C13H12ClN3O/c14-13-11(12(15)6-7-16-13)8-17-18-9-10-4-2-1-3-5-10/h1-8H,9H2,(H2,15,16)/b17-8+. The summed E-state index contributed by atoms with van der Waals surface area (Å²) in [5.41, 5.74) is 7.86. The number of nitrogens with two attached hydrogens (primary N) is 1. The molecule has 0 spiro atoms. The highest BCUT2D eigenvalue weighted by molar-refractivity contribution is 6.32. The monoisotopic (exact) mass is 261 g/mol. The summed E-state index contributed by atoms with van der Waals surface area (Å²) in [5, 5.41) is 4.14. The van der Waals surface area contributed by atoms with Crippen molar-refractivity contribution in [3.05, 3.63) is 58.9 Å². The van der Waals surface area contributed by atoms with Gasteiger partial charge in [0, 0.05) is 11.9 Å². The number of benzene rings is 1. The molecule has 0 saturated heterocycles. The lowest BCUT2D eigenvalue weighted by Crippen LogP contribution is -1.96. The maximum Gasteiger partial charge on any atom is 0.142 e. The number of aromatic nitrogens is 1. The first kappa shape index (κ1) is 12.4. The van der Waals surface area contributed by atoms with Gasteiger partial charge in [0.25, 0.3) is 0 Å². The van der Waals surface area contributed by atoms with Gasteiger partial charge >= 0.3 is 0 Å². The number of hydrogen-bond acceptors (Lipinski definition) is 4. The zero-order valence-electron chi connectivity index (χ0n) is 9.58. The van der Waals surface area contributed by atoms with Gasteiger partial charge in [-0.25, -0.2) is 4.98 Å². The van der Waals surface area contributed by atoms with E-state index in [4.69, 9.17) is 22.2 Å². The second kappa shape index (κ2) is 6.02. The molecule has 18 heavy (non-hydrogen) atoms. The fraction of sp³-hybridized carbons (Fsp3) is 0.0769. The molecular weight excluding hydrogens is 250 g/mol. The first-order valence-corrected chi connectivity index (χ1v) is 5.74. The van der Waals surface area contributed by atoms with Crippen LogP contribution in [0.4, 0.5) is 5.69 Å². The highest BCUT2D eigenvalue weighted by Crippen LogP contribution is 2.16. The highest BCUT2D eigenvalue weighted by atomic mass is 35.5. The first-order chi connectivity index (χ1) is 8.77. The van der Waals surface area contributed by atoms with E-state index in [-0.39, 0.29) is 0 Å². The van der Waals surface area contributed by atoms with Crippen LogP contribution in [-0.4, -0.2) is 11.2 Å². The molecule has 0 aliphatic carbocycles. The second-order valence-electron chi connectivity index (χ2n) is 3.60. The van der Waals surface area contributed by atoms with Gasteiger partial charge in [-0.1, -0.05) is 47.1 Å². The summed E-state index contributed by atoms with van der Waals surface area (Å²) in [5.74, 6) is 0. The molecule has 0 radical (unpaired) electrons. The fourth-order valence-corrected chi connectivity index (χ4v) is 1.58. The van der Waals surface area contributed by atoms with Crippen LogP contribution >= 0.6 is 11.6 Å². The lowest BCUT2D eigenvalue weighted by Gasteiger charge is -2.01. The summed E-state index contributed by atoms with van der Waals surface area (Å²) in [4.78, 5) is 9.08. The predicted octanol–water partition coefficient (Wildman–Crippen LogP) is 2.87. The molecule has 4 nitrogen and oxygen atoms in total. The van der Waals surface area contributed by atoms with Gasteiger partial charge in [-0.05, 0) is 11.6 Å². The highest BCUT2D eigenvalue weighted by Gasteiger charge is 2.02. The Kier molecular flexibility index (Phi) is 4.15. The molecule has 1 aromatic carbocycles. The number of anilines is 1. The van der Waals surface area contributed by atoms with E-state index < -0.39 is 0 Å². The molecule has 1 aromatic heterocycles. The van der Waals surface area contributed by atoms with Crippen molar-refractivity contribution in [2.24, 2.45) is 5.16 Å². The Hall–Kier alpha value is -2.07. The van der Waals surface area contributed by atoms with Crippen molar-refractivity contribution in [1.29, 1.82) is 0 Å². The smallest absolute Gasteiger partial charge is 0.142 e. The average molecular weight is 262 g/mol. The molecule has 0 bridgehead atoms. The van der Waals surface area contributed by atoms with Crippen molar-refractivity contribution in [3.8, 4) is 0 Å². The van der Waals surface area contributed by atoms with Crippen molar-refractivity contribution in [1.82, 2.24) is 4.98 Å². The molecule has 0 aliphatic rings. The summed E-state index contributed by atoms with van der Waals surface area (Å²) in [6, 6.07) is 11.4. The molecule has 2 N–H and O–H groups in total. The summed E-state index contributed by atoms with van der Waals surface area (Å²) in [7, 11) is 0. The SMILES string of the molecule is Nc1ccnc(Cl)c1/C=N/OCc1ccccc1. The van der Waals surface area contributed by atoms with Gasteiger partial charge in [-0.3, -0.25) is 0 Å². The quantitative estimate of drug-likeness (QED) is 0.523. The number of halogens is 1. The van der Waals surface area contributed by atoms with E-state index in [0.29, 0.717) is 23.0 Å². The zero-order valence-corrected chi connectivity index (χ0v) is 10.3. The Morgan fingerprint density at radius 2 is 2.06 bits per heavy atom. The van der Waals surface area contributed by atoms with E-state index in [1.807, 2.05) is 30.3 Å². The van der Waals surface area contributed by atoms with E-state index in [1.54, 1.807) is 12.3 Å².